The van der Waals surface area contributed by atoms with Crippen LogP contribution in [0.1, 0.15) is 76.7 Å². The van der Waals surface area contributed by atoms with Crippen LogP contribution in [0.3, 0.4) is 0 Å². The number of benzene rings is 1. The van der Waals surface area contributed by atoms with E-state index < -0.39 is 17.2 Å². The Balaban J connectivity index is 2.73. The molecule has 5 heteroatoms. The van der Waals surface area contributed by atoms with Crippen molar-refractivity contribution in [3.8, 4) is 0 Å². The predicted molar refractivity (Wildman–Crippen MR) is 91.6 cm³/mol. The largest absolute Gasteiger partial charge is 0.460 e. The van der Waals surface area contributed by atoms with Gasteiger partial charge in [0.1, 0.15) is 11.2 Å². The molecule has 0 aromatic heterocycles. The first-order valence-corrected chi connectivity index (χ1v) is 8.09. The minimum absolute atomic E-state index is 0.0730. The molecule has 24 heavy (non-hydrogen) atoms. The van der Waals surface area contributed by atoms with Crippen LogP contribution in [0.2, 0.25) is 0 Å². The second-order valence-electron chi connectivity index (χ2n) is 7.88. The van der Waals surface area contributed by atoms with Gasteiger partial charge in [0, 0.05) is 0 Å². The molecule has 1 aromatic carbocycles. The average molecular weight is 336 g/mol. The van der Waals surface area contributed by atoms with Crippen molar-refractivity contribution in [3.63, 3.8) is 0 Å². The predicted octanol–water partition coefficient (Wildman–Crippen LogP) is 4.41. The van der Waals surface area contributed by atoms with Gasteiger partial charge >= 0.3 is 11.9 Å². The third-order valence-corrected chi connectivity index (χ3v) is 2.95. The van der Waals surface area contributed by atoms with Crippen molar-refractivity contribution in [2.45, 2.75) is 72.0 Å². The molecule has 5 nitrogen and oxygen atoms in total. The Bertz CT molecular complexity index is 578. The highest BCUT2D eigenvalue weighted by molar-refractivity contribution is 5.89. The molecule has 0 N–H and O–H groups in total. The lowest BCUT2D eigenvalue weighted by molar-refractivity contribution is -0.301. The fourth-order valence-corrected chi connectivity index (χ4v) is 1.93. The molecular formula is C19H28O5. The van der Waals surface area contributed by atoms with E-state index in [4.69, 9.17) is 14.5 Å². The molecule has 134 valence electrons. The molecule has 1 atom stereocenters. The van der Waals surface area contributed by atoms with Crippen LogP contribution in [0.25, 0.3) is 0 Å². The highest BCUT2D eigenvalue weighted by Crippen LogP contribution is 2.22. The lowest BCUT2D eigenvalue weighted by atomic mass is 9.96. The standard InChI is InChI=1S/C19H28O5/c1-13(11-16(20)22-18(2,3)4)14-9-8-10-15(12-14)17(21)23-24-19(5,6)7/h8-10,12-13H,11H2,1-7H3. The summed E-state index contributed by atoms with van der Waals surface area (Å²) in [4.78, 5) is 33.9. The van der Waals surface area contributed by atoms with E-state index in [-0.39, 0.29) is 18.3 Å². The van der Waals surface area contributed by atoms with Crippen molar-refractivity contribution in [1.29, 1.82) is 0 Å². The molecule has 0 aliphatic heterocycles. The number of ether oxygens (including phenoxy) is 1. The van der Waals surface area contributed by atoms with Gasteiger partial charge in [0.25, 0.3) is 0 Å². The van der Waals surface area contributed by atoms with Gasteiger partial charge in [-0.2, -0.15) is 4.89 Å². The summed E-state index contributed by atoms with van der Waals surface area (Å²) in [5.41, 5.74) is 0.170. The molecule has 1 unspecified atom stereocenters. The molecule has 0 radical (unpaired) electrons. The number of carbonyl (C=O) groups excluding carboxylic acids is 2. The summed E-state index contributed by atoms with van der Waals surface area (Å²) in [6, 6.07) is 6.99. The van der Waals surface area contributed by atoms with E-state index in [1.165, 1.54) is 0 Å². The normalized spacial score (nSPS) is 13.3. The Kier molecular flexibility index (Phi) is 6.55. The van der Waals surface area contributed by atoms with Gasteiger partial charge in [0.05, 0.1) is 12.0 Å². The highest BCUT2D eigenvalue weighted by atomic mass is 17.2. The van der Waals surface area contributed by atoms with Gasteiger partial charge < -0.3 is 4.74 Å². The number of rotatable bonds is 5. The summed E-state index contributed by atoms with van der Waals surface area (Å²) in [5.74, 6) is -0.897. The van der Waals surface area contributed by atoms with Gasteiger partial charge in [-0.3, -0.25) is 9.68 Å². The molecular weight excluding hydrogens is 308 g/mol. The van der Waals surface area contributed by atoms with Gasteiger partial charge in [-0.15, -0.1) is 0 Å². The Morgan fingerprint density at radius 2 is 1.67 bits per heavy atom. The van der Waals surface area contributed by atoms with Crippen LogP contribution in [0.15, 0.2) is 24.3 Å². The summed E-state index contributed by atoms with van der Waals surface area (Å²) in [6.45, 7) is 12.8. The molecule has 0 spiro atoms. The van der Waals surface area contributed by atoms with Crippen LogP contribution in [0.4, 0.5) is 0 Å². The summed E-state index contributed by atoms with van der Waals surface area (Å²) >= 11 is 0. The van der Waals surface area contributed by atoms with Crippen molar-refractivity contribution >= 4 is 11.9 Å². The van der Waals surface area contributed by atoms with Crippen molar-refractivity contribution in [1.82, 2.24) is 0 Å². The topological polar surface area (TPSA) is 61.8 Å². The quantitative estimate of drug-likeness (QED) is 0.453. The number of carbonyl (C=O) groups is 2. The van der Waals surface area contributed by atoms with E-state index in [0.717, 1.165) is 5.56 Å². The van der Waals surface area contributed by atoms with E-state index in [0.29, 0.717) is 5.56 Å². The second-order valence-corrected chi connectivity index (χ2v) is 7.88. The fourth-order valence-electron chi connectivity index (χ4n) is 1.93. The maximum atomic E-state index is 12.0. The SMILES string of the molecule is CC(CC(=O)OC(C)(C)C)c1cccc(C(=O)OOC(C)(C)C)c1. The molecule has 0 bridgehead atoms. The third kappa shape index (κ3) is 7.59. The van der Waals surface area contributed by atoms with Crippen molar-refractivity contribution < 1.29 is 24.1 Å². The van der Waals surface area contributed by atoms with Crippen LogP contribution in [0.5, 0.6) is 0 Å². The lowest BCUT2D eigenvalue weighted by Gasteiger charge is -2.21. The van der Waals surface area contributed by atoms with E-state index in [2.05, 4.69) is 0 Å². The van der Waals surface area contributed by atoms with E-state index in [1.807, 2.05) is 33.8 Å². The monoisotopic (exact) mass is 336 g/mol. The fraction of sp³-hybridized carbons (Fsp3) is 0.579. The maximum absolute atomic E-state index is 12.0. The van der Waals surface area contributed by atoms with Gasteiger partial charge in [-0.05, 0) is 65.2 Å². The Hall–Kier alpha value is -1.88. The second kappa shape index (κ2) is 7.79. The highest BCUT2D eigenvalue weighted by Gasteiger charge is 2.21. The molecule has 1 rings (SSSR count). The summed E-state index contributed by atoms with van der Waals surface area (Å²) < 4.78 is 5.33. The molecule has 0 saturated carbocycles. The van der Waals surface area contributed by atoms with E-state index in [1.54, 1.807) is 39.0 Å². The summed E-state index contributed by atoms with van der Waals surface area (Å²) in [5, 5.41) is 0. The first kappa shape index (κ1) is 20.2. The minimum atomic E-state index is -0.572. The Morgan fingerprint density at radius 1 is 1.04 bits per heavy atom. The molecule has 0 aliphatic carbocycles. The van der Waals surface area contributed by atoms with Crippen LogP contribution < -0.4 is 0 Å². The lowest BCUT2D eigenvalue weighted by Crippen LogP contribution is -2.24. The average Bonchev–Trinajstić information content (AvgIpc) is 2.42. The smallest absolute Gasteiger partial charge is 0.373 e. The van der Waals surface area contributed by atoms with Crippen molar-refractivity contribution in [2.75, 3.05) is 0 Å². The number of hydrogen-bond acceptors (Lipinski definition) is 5. The van der Waals surface area contributed by atoms with E-state index in [9.17, 15) is 9.59 Å². The zero-order valence-corrected chi connectivity index (χ0v) is 15.6. The van der Waals surface area contributed by atoms with Crippen LogP contribution >= 0.6 is 0 Å². The maximum Gasteiger partial charge on any atom is 0.373 e. The van der Waals surface area contributed by atoms with Gasteiger partial charge in [0.15, 0.2) is 0 Å². The summed E-state index contributed by atoms with van der Waals surface area (Å²) in [7, 11) is 0. The molecule has 0 amide bonds. The van der Waals surface area contributed by atoms with Crippen molar-refractivity contribution in [3.05, 3.63) is 35.4 Å². The summed E-state index contributed by atoms with van der Waals surface area (Å²) in [6.07, 6.45) is 0.244. The van der Waals surface area contributed by atoms with E-state index >= 15 is 0 Å². The molecule has 0 saturated heterocycles. The van der Waals surface area contributed by atoms with Gasteiger partial charge in [-0.25, -0.2) is 4.79 Å². The zero-order valence-electron chi connectivity index (χ0n) is 15.6. The Labute approximate surface area is 144 Å². The van der Waals surface area contributed by atoms with Gasteiger partial charge in [-0.1, -0.05) is 19.1 Å². The van der Waals surface area contributed by atoms with Crippen molar-refractivity contribution in [2.24, 2.45) is 0 Å². The third-order valence-electron chi connectivity index (χ3n) is 2.95. The molecule has 0 heterocycles. The number of hydrogen-bond donors (Lipinski definition) is 0. The minimum Gasteiger partial charge on any atom is -0.460 e. The first-order valence-electron chi connectivity index (χ1n) is 8.09. The van der Waals surface area contributed by atoms with Crippen LogP contribution in [-0.4, -0.2) is 23.1 Å². The first-order chi connectivity index (χ1) is 10.9. The van der Waals surface area contributed by atoms with Gasteiger partial charge in [0.2, 0.25) is 0 Å². The van der Waals surface area contributed by atoms with Crippen LogP contribution in [0, 0.1) is 0 Å². The molecule has 0 fully saturated rings. The zero-order chi connectivity index (χ0) is 18.5. The molecule has 0 aliphatic rings. The molecule has 1 aromatic rings. The van der Waals surface area contributed by atoms with Crippen LogP contribution in [-0.2, 0) is 19.3 Å². The number of esters is 1. The Morgan fingerprint density at radius 3 is 2.21 bits per heavy atom.